The Morgan fingerprint density at radius 3 is 2.55 bits per heavy atom. The van der Waals surface area contributed by atoms with E-state index in [1.807, 2.05) is 6.92 Å². The quantitative estimate of drug-likeness (QED) is 0.348. The number of guanidine groups is 1. The third-order valence-electron chi connectivity index (χ3n) is 4.74. The summed E-state index contributed by atoms with van der Waals surface area (Å²) in [7, 11) is 0. The fourth-order valence-electron chi connectivity index (χ4n) is 3.05. The van der Waals surface area contributed by atoms with Gasteiger partial charge in [0, 0.05) is 46.1 Å². The van der Waals surface area contributed by atoms with Crippen molar-refractivity contribution >= 4 is 5.96 Å². The van der Waals surface area contributed by atoms with Crippen molar-refractivity contribution in [1.82, 2.24) is 10.6 Å². The molecule has 1 aromatic carbocycles. The third-order valence-corrected chi connectivity index (χ3v) is 4.74. The fourth-order valence-corrected chi connectivity index (χ4v) is 3.05. The number of benzene rings is 1. The lowest BCUT2D eigenvalue weighted by molar-refractivity contribution is -0.137. The molecule has 1 aliphatic heterocycles. The molecule has 0 saturated carbocycles. The first kappa shape index (κ1) is 23.5. The van der Waals surface area contributed by atoms with Crippen LogP contribution in [0.15, 0.2) is 29.3 Å². The lowest BCUT2D eigenvalue weighted by Crippen LogP contribution is -2.38. The molecule has 0 radical (unpaired) electrons. The van der Waals surface area contributed by atoms with Crippen LogP contribution < -0.4 is 10.6 Å². The van der Waals surface area contributed by atoms with Gasteiger partial charge in [-0.2, -0.15) is 13.2 Å². The molecule has 164 valence electrons. The van der Waals surface area contributed by atoms with Gasteiger partial charge in [-0.15, -0.1) is 0 Å². The third kappa shape index (κ3) is 9.49. The van der Waals surface area contributed by atoms with Gasteiger partial charge in [0.15, 0.2) is 5.96 Å². The molecule has 1 aliphatic rings. The zero-order valence-corrected chi connectivity index (χ0v) is 17.1. The van der Waals surface area contributed by atoms with Crippen molar-refractivity contribution < 1.29 is 22.6 Å². The molecular weight excluding hydrogens is 383 g/mol. The smallest absolute Gasteiger partial charge is 0.381 e. The molecule has 2 rings (SSSR count). The highest BCUT2D eigenvalue weighted by Gasteiger charge is 2.29. The topological polar surface area (TPSA) is 54.9 Å². The summed E-state index contributed by atoms with van der Waals surface area (Å²) in [5, 5.41) is 6.39. The Morgan fingerprint density at radius 2 is 1.90 bits per heavy atom. The molecular formula is C21H32F3N3O2. The van der Waals surface area contributed by atoms with E-state index in [9.17, 15) is 13.2 Å². The first-order valence-electron chi connectivity index (χ1n) is 10.3. The number of hydrogen-bond acceptors (Lipinski definition) is 3. The van der Waals surface area contributed by atoms with E-state index in [1.165, 1.54) is 12.1 Å². The first-order chi connectivity index (χ1) is 14.0. The van der Waals surface area contributed by atoms with E-state index in [0.717, 1.165) is 63.3 Å². The van der Waals surface area contributed by atoms with Crippen molar-refractivity contribution in [2.24, 2.45) is 10.9 Å². The minimum atomic E-state index is -4.30. The van der Waals surface area contributed by atoms with Gasteiger partial charge >= 0.3 is 6.18 Å². The molecule has 1 aromatic rings. The highest BCUT2D eigenvalue weighted by molar-refractivity contribution is 5.79. The fraction of sp³-hybridized carbons (Fsp3) is 0.667. The average molecular weight is 416 g/mol. The van der Waals surface area contributed by atoms with Gasteiger partial charge in [-0.05, 0) is 56.2 Å². The number of alkyl halides is 3. The zero-order chi connectivity index (χ0) is 21.0. The van der Waals surface area contributed by atoms with Crippen molar-refractivity contribution in [3.8, 4) is 0 Å². The summed E-state index contributed by atoms with van der Waals surface area (Å²) in [6.07, 6.45) is -0.678. The van der Waals surface area contributed by atoms with Crippen LogP contribution in [0.5, 0.6) is 0 Å². The van der Waals surface area contributed by atoms with E-state index >= 15 is 0 Å². The van der Waals surface area contributed by atoms with Crippen molar-refractivity contribution in [2.75, 3.05) is 46.1 Å². The van der Waals surface area contributed by atoms with Gasteiger partial charge in [-0.25, -0.2) is 0 Å². The van der Waals surface area contributed by atoms with Gasteiger partial charge in [0.05, 0.1) is 5.56 Å². The number of ether oxygens (including phenoxy) is 2. The molecule has 1 fully saturated rings. The number of rotatable bonds is 10. The van der Waals surface area contributed by atoms with Crippen LogP contribution in [-0.4, -0.2) is 52.0 Å². The Morgan fingerprint density at radius 1 is 1.17 bits per heavy atom. The maximum atomic E-state index is 12.6. The molecule has 0 amide bonds. The predicted molar refractivity (Wildman–Crippen MR) is 108 cm³/mol. The van der Waals surface area contributed by atoms with Gasteiger partial charge in [0.25, 0.3) is 0 Å². The normalized spacial score (nSPS) is 16.1. The Bertz CT molecular complexity index is 600. The molecule has 0 aromatic heterocycles. The van der Waals surface area contributed by atoms with Crippen molar-refractivity contribution in [2.45, 2.75) is 38.8 Å². The van der Waals surface area contributed by atoms with E-state index in [0.29, 0.717) is 38.0 Å². The SMILES string of the molecule is CCNC(=NCCCOCC1CCOCC1)NCCc1ccc(C(F)(F)F)cc1. The van der Waals surface area contributed by atoms with Crippen molar-refractivity contribution in [3.05, 3.63) is 35.4 Å². The Hall–Kier alpha value is -1.80. The van der Waals surface area contributed by atoms with Crippen LogP contribution in [0.1, 0.15) is 37.3 Å². The van der Waals surface area contributed by atoms with E-state index in [-0.39, 0.29) is 0 Å². The molecule has 1 heterocycles. The second-order valence-corrected chi connectivity index (χ2v) is 7.12. The van der Waals surface area contributed by atoms with Crippen molar-refractivity contribution in [3.63, 3.8) is 0 Å². The van der Waals surface area contributed by atoms with Crippen LogP contribution in [0.3, 0.4) is 0 Å². The van der Waals surface area contributed by atoms with E-state index in [4.69, 9.17) is 9.47 Å². The Kier molecular flexibility index (Phi) is 10.3. The van der Waals surface area contributed by atoms with Crippen LogP contribution >= 0.6 is 0 Å². The molecule has 1 saturated heterocycles. The monoisotopic (exact) mass is 415 g/mol. The summed E-state index contributed by atoms with van der Waals surface area (Å²) < 4.78 is 48.9. The first-order valence-corrected chi connectivity index (χ1v) is 10.3. The standard InChI is InChI=1S/C21H32F3N3O2/c1-2-25-20(26-11-3-13-29-16-18-9-14-28-15-10-18)27-12-8-17-4-6-19(7-5-17)21(22,23)24/h4-7,18H,2-3,8-16H2,1H3,(H2,25,26,27). The maximum absolute atomic E-state index is 12.6. The number of aliphatic imine (C=N–C) groups is 1. The molecule has 0 aliphatic carbocycles. The Balaban J connectivity index is 1.63. The van der Waals surface area contributed by atoms with E-state index in [2.05, 4.69) is 15.6 Å². The summed E-state index contributed by atoms with van der Waals surface area (Å²) in [4.78, 5) is 4.52. The molecule has 0 bridgehead atoms. The van der Waals surface area contributed by atoms with Gasteiger partial charge in [0.2, 0.25) is 0 Å². The largest absolute Gasteiger partial charge is 0.416 e. The van der Waals surface area contributed by atoms with E-state index in [1.54, 1.807) is 0 Å². The second-order valence-electron chi connectivity index (χ2n) is 7.12. The van der Waals surface area contributed by atoms with Crippen LogP contribution in [0.25, 0.3) is 0 Å². The van der Waals surface area contributed by atoms with Gasteiger partial charge in [-0.3, -0.25) is 4.99 Å². The summed E-state index contributed by atoms with van der Waals surface area (Å²) in [5.41, 5.74) is 0.228. The molecule has 8 heteroatoms. The average Bonchev–Trinajstić information content (AvgIpc) is 2.71. The molecule has 29 heavy (non-hydrogen) atoms. The number of nitrogens with zero attached hydrogens (tertiary/aromatic N) is 1. The summed E-state index contributed by atoms with van der Waals surface area (Å²) in [6, 6.07) is 5.28. The van der Waals surface area contributed by atoms with E-state index < -0.39 is 11.7 Å². The number of nitrogens with one attached hydrogen (secondary N) is 2. The lowest BCUT2D eigenvalue weighted by Gasteiger charge is -2.21. The Labute approximate surface area is 171 Å². The molecule has 5 nitrogen and oxygen atoms in total. The predicted octanol–water partition coefficient (Wildman–Crippen LogP) is 3.64. The summed E-state index contributed by atoms with van der Waals surface area (Å²) >= 11 is 0. The zero-order valence-electron chi connectivity index (χ0n) is 17.1. The summed E-state index contributed by atoms with van der Waals surface area (Å²) in [5.74, 6) is 1.32. The van der Waals surface area contributed by atoms with Gasteiger partial charge < -0.3 is 20.1 Å². The van der Waals surface area contributed by atoms with Gasteiger partial charge in [0.1, 0.15) is 0 Å². The minimum absolute atomic E-state index is 0.595. The van der Waals surface area contributed by atoms with Gasteiger partial charge in [-0.1, -0.05) is 12.1 Å². The maximum Gasteiger partial charge on any atom is 0.416 e. The highest BCUT2D eigenvalue weighted by atomic mass is 19.4. The van der Waals surface area contributed by atoms with Crippen LogP contribution in [-0.2, 0) is 22.1 Å². The summed E-state index contributed by atoms with van der Waals surface area (Å²) in [6.45, 7) is 7.13. The number of halogens is 3. The molecule has 0 spiro atoms. The molecule has 0 unspecified atom stereocenters. The second kappa shape index (κ2) is 12.7. The number of hydrogen-bond donors (Lipinski definition) is 2. The minimum Gasteiger partial charge on any atom is -0.381 e. The molecule has 0 atom stereocenters. The lowest BCUT2D eigenvalue weighted by atomic mass is 10.0. The van der Waals surface area contributed by atoms with Crippen LogP contribution in [0.2, 0.25) is 0 Å². The molecule has 2 N–H and O–H groups in total. The highest BCUT2D eigenvalue weighted by Crippen LogP contribution is 2.29. The van der Waals surface area contributed by atoms with Crippen LogP contribution in [0, 0.1) is 5.92 Å². The van der Waals surface area contributed by atoms with Crippen LogP contribution in [0.4, 0.5) is 13.2 Å². The van der Waals surface area contributed by atoms with Crippen molar-refractivity contribution in [1.29, 1.82) is 0 Å².